The number of benzene rings is 3. The van der Waals surface area contributed by atoms with Crippen molar-refractivity contribution in [2.75, 3.05) is 44.3 Å². The van der Waals surface area contributed by atoms with Crippen LogP contribution in [0.2, 0.25) is 0 Å². The third-order valence-electron chi connectivity index (χ3n) is 7.99. The lowest BCUT2D eigenvalue weighted by Crippen LogP contribution is -2.35. The largest absolute Gasteiger partial charge is 0.455 e. The first-order valence-corrected chi connectivity index (χ1v) is 15.3. The van der Waals surface area contributed by atoms with E-state index in [1.54, 1.807) is 31.1 Å². The van der Waals surface area contributed by atoms with Crippen molar-refractivity contribution in [1.29, 1.82) is 0 Å². The molecule has 1 fully saturated rings. The molecule has 1 aliphatic rings. The van der Waals surface area contributed by atoms with Gasteiger partial charge in [0.2, 0.25) is 0 Å². The smallest absolute Gasteiger partial charge is 0.255 e. The van der Waals surface area contributed by atoms with Gasteiger partial charge < -0.3 is 18.9 Å². The van der Waals surface area contributed by atoms with Crippen LogP contribution in [0, 0.1) is 5.82 Å². The lowest BCUT2D eigenvalue weighted by Gasteiger charge is -2.35. The van der Waals surface area contributed by atoms with Crippen molar-refractivity contribution < 1.29 is 13.6 Å². The number of likely N-dealkylation sites (tertiary alicyclic amines) is 1. The molecule has 2 heterocycles. The fourth-order valence-corrected chi connectivity index (χ4v) is 6.18. The first-order chi connectivity index (χ1) is 19.5. The van der Waals surface area contributed by atoms with Gasteiger partial charge in [-0.3, -0.25) is 4.79 Å². The fourth-order valence-electron chi connectivity index (χ4n) is 5.82. The first kappa shape index (κ1) is 28.2. The number of furan rings is 1. The molecule has 1 N–H and O–H groups in total. The van der Waals surface area contributed by atoms with Gasteiger partial charge in [0.05, 0.1) is 11.3 Å². The molecule has 5 nitrogen and oxygen atoms in total. The Balaban J connectivity index is 1.44. The van der Waals surface area contributed by atoms with E-state index in [2.05, 4.69) is 70.3 Å². The molecule has 1 amide bonds. The number of hydrogen-bond donors (Lipinski definition) is 1. The standard InChI is InChI=1S/C33H38FN3O2S/c1-35-33(38)31-28-20-27(25-13-9-19-37(22-25)18-8-7-12-23-10-5-4-6-11-23)29(36(2)40-3)21-30(28)39-32(31)24-14-16-26(34)17-15-24/h4-6,10-11,14-17,20-21,25H,7-9,12-13,18-19,22H2,1-3H3,(H,35,38). The van der Waals surface area contributed by atoms with E-state index >= 15 is 0 Å². The normalized spacial score (nSPS) is 15.8. The van der Waals surface area contributed by atoms with Gasteiger partial charge in [0.25, 0.3) is 5.91 Å². The van der Waals surface area contributed by atoms with Crippen LogP contribution in [0.4, 0.5) is 10.1 Å². The molecule has 0 aliphatic carbocycles. The van der Waals surface area contributed by atoms with Gasteiger partial charge in [-0.05, 0) is 92.6 Å². The van der Waals surface area contributed by atoms with Crippen LogP contribution in [0.15, 0.2) is 71.1 Å². The third kappa shape index (κ3) is 6.21. The Morgan fingerprint density at radius 1 is 1.12 bits per heavy atom. The van der Waals surface area contributed by atoms with Gasteiger partial charge in [-0.2, -0.15) is 0 Å². The maximum absolute atomic E-state index is 13.7. The maximum atomic E-state index is 13.7. The summed E-state index contributed by atoms with van der Waals surface area (Å²) in [6.07, 6.45) is 7.82. The van der Waals surface area contributed by atoms with Crippen molar-refractivity contribution in [3.05, 3.63) is 89.2 Å². The minimum absolute atomic E-state index is 0.210. The highest BCUT2D eigenvalue weighted by atomic mass is 32.2. The zero-order chi connectivity index (χ0) is 28.1. The Bertz CT molecular complexity index is 1440. The van der Waals surface area contributed by atoms with Gasteiger partial charge in [-0.25, -0.2) is 4.39 Å². The molecule has 3 aromatic carbocycles. The molecular formula is C33H38FN3O2S. The Morgan fingerprint density at radius 3 is 2.62 bits per heavy atom. The predicted octanol–water partition coefficient (Wildman–Crippen LogP) is 7.52. The van der Waals surface area contributed by atoms with Crippen molar-refractivity contribution in [3.63, 3.8) is 0 Å². The van der Waals surface area contributed by atoms with E-state index in [1.165, 1.54) is 36.1 Å². The number of carbonyl (C=O) groups excluding carboxylic acids is 1. The number of unbranched alkanes of at least 4 members (excludes halogenated alkanes) is 1. The van der Waals surface area contributed by atoms with Crippen molar-refractivity contribution in [2.24, 2.45) is 0 Å². The summed E-state index contributed by atoms with van der Waals surface area (Å²) >= 11 is 1.66. The number of amides is 1. The average Bonchev–Trinajstić information content (AvgIpc) is 3.37. The summed E-state index contributed by atoms with van der Waals surface area (Å²) in [5.74, 6) is 0.291. The summed E-state index contributed by atoms with van der Waals surface area (Å²) in [4.78, 5) is 15.7. The highest BCUT2D eigenvalue weighted by Crippen LogP contribution is 2.42. The summed E-state index contributed by atoms with van der Waals surface area (Å²) in [5, 5.41) is 3.58. The number of piperidine rings is 1. The highest BCUT2D eigenvalue weighted by molar-refractivity contribution is 7.99. The summed E-state index contributed by atoms with van der Waals surface area (Å²) in [7, 11) is 3.70. The minimum atomic E-state index is -0.325. The number of aryl methyl sites for hydroxylation is 1. The highest BCUT2D eigenvalue weighted by Gasteiger charge is 2.28. The number of carbonyl (C=O) groups is 1. The summed E-state index contributed by atoms with van der Waals surface area (Å²) in [6, 6.07) is 21.1. The molecule has 210 valence electrons. The second-order valence-corrected chi connectivity index (χ2v) is 11.5. The molecule has 1 atom stereocenters. The molecule has 1 aliphatic heterocycles. The molecule has 1 aromatic heterocycles. The molecule has 1 saturated heterocycles. The zero-order valence-corrected chi connectivity index (χ0v) is 24.4. The van der Waals surface area contributed by atoms with Crippen LogP contribution < -0.4 is 9.62 Å². The molecule has 0 bridgehead atoms. The predicted molar refractivity (Wildman–Crippen MR) is 165 cm³/mol. The number of rotatable bonds is 10. The van der Waals surface area contributed by atoms with Crippen molar-refractivity contribution in [2.45, 2.75) is 38.0 Å². The monoisotopic (exact) mass is 559 g/mol. The number of anilines is 1. The van der Waals surface area contributed by atoms with Crippen LogP contribution in [0.5, 0.6) is 0 Å². The van der Waals surface area contributed by atoms with Crippen LogP contribution in [-0.4, -0.2) is 50.8 Å². The lowest BCUT2D eigenvalue weighted by atomic mass is 9.88. The van der Waals surface area contributed by atoms with Crippen LogP contribution in [0.1, 0.15) is 53.1 Å². The van der Waals surface area contributed by atoms with E-state index in [0.29, 0.717) is 28.4 Å². The van der Waals surface area contributed by atoms with Gasteiger partial charge >= 0.3 is 0 Å². The molecule has 1 unspecified atom stereocenters. The average molecular weight is 560 g/mol. The minimum Gasteiger partial charge on any atom is -0.455 e. The van der Waals surface area contributed by atoms with Gasteiger partial charge in [-0.15, -0.1) is 0 Å². The topological polar surface area (TPSA) is 48.7 Å². The summed E-state index contributed by atoms with van der Waals surface area (Å²) in [5.41, 5.74) is 5.60. The molecule has 0 saturated carbocycles. The Morgan fingerprint density at radius 2 is 1.90 bits per heavy atom. The second kappa shape index (κ2) is 12.9. The quantitative estimate of drug-likeness (QED) is 0.161. The summed E-state index contributed by atoms with van der Waals surface area (Å²) in [6.45, 7) is 3.23. The lowest BCUT2D eigenvalue weighted by molar-refractivity contribution is 0.0964. The van der Waals surface area contributed by atoms with E-state index in [1.807, 2.05) is 0 Å². The van der Waals surface area contributed by atoms with Gasteiger partial charge in [0.15, 0.2) is 0 Å². The molecule has 0 radical (unpaired) electrons. The molecule has 40 heavy (non-hydrogen) atoms. The first-order valence-electron chi connectivity index (χ1n) is 14.1. The van der Waals surface area contributed by atoms with E-state index in [9.17, 15) is 9.18 Å². The van der Waals surface area contributed by atoms with Gasteiger partial charge in [0, 0.05) is 43.9 Å². The van der Waals surface area contributed by atoms with Crippen LogP contribution >= 0.6 is 11.9 Å². The molecule has 4 aromatic rings. The van der Waals surface area contributed by atoms with Crippen LogP contribution in [-0.2, 0) is 6.42 Å². The molecule has 0 spiro atoms. The fraction of sp³-hybridized carbons (Fsp3) is 0.364. The van der Waals surface area contributed by atoms with Gasteiger partial charge in [0.1, 0.15) is 17.2 Å². The Labute approximate surface area is 240 Å². The molecule has 5 rings (SSSR count). The van der Waals surface area contributed by atoms with E-state index in [-0.39, 0.29) is 11.7 Å². The number of hydrogen-bond acceptors (Lipinski definition) is 5. The second-order valence-electron chi connectivity index (χ2n) is 10.6. The van der Waals surface area contributed by atoms with Crippen molar-refractivity contribution >= 4 is 34.5 Å². The Hall–Kier alpha value is -3.29. The number of nitrogens with zero attached hydrogens (tertiary/aromatic N) is 2. The summed E-state index contributed by atoms with van der Waals surface area (Å²) < 4.78 is 22.2. The molecular weight excluding hydrogens is 521 g/mol. The maximum Gasteiger partial charge on any atom is 0.255 e. The number of fused-ring (bicyclic) bond motifs is 1. The van der Waals surface area contributed by atoms with Crippen LogP contribution in [0.25, 0.3) is 22.3 Å². The zero-order valence-electron chi connectivity index (χ0n) is 23.6. The number of nitrogens with one attached hydrogen (secondary N) is 1. The SMILES string of the molecule is CNC(=O)c1c(-c2ccc(F)cc2)oc2cc(N(C)SC)c(C3CCCN(CCCCc4ccccc4)C3)cc12. The molecule has 7 heteroatoms. The van der Waals surface area contributed by atoms with Gasteiger partial charge in [-0.1, -0.05) is 42.3 Å². The van der Waals surface area contributed by atoms with E-state index < -0.39 is 0 Å². The Kier molecular flexibility index (Phi) is 9.12. The number of halogens is 1. The van der Waals surface area contributed by atoms with E-state index in [4.69, 9.17) is 4.42 Å². The third-order valence-corrected chi connectivity index (χ3v) is 8.73. The van der Waals surface area contributed by atoms with Crippen molar-refractivity contribution in [3.8, 4) is 11.3 Å². The van der Waals surface area contributed by atoms with E-state index in [0.717, 1.165) is 50.0 Å². The van der Waals surface area contributed by atoms with Crippen molar-refractivity contribution in [1.82, 2.24) is 10.2 Å². The van der Waals surface area contributed by atoms with Crippen LogP contribution in [0.3, 0.4) is 0 Å².